The number of amides is 3. The highest BCUT2D eigenvalue weighted by Crippen LogP contribution is 2.20. The van der Waals surface area contributed by atoms with Crippen LogP contribution in [0.15, 0.2) is 54.6 Å². The molecule has 1 saturated heterocycles. The highest BCUT2D eigenvalue weighted by molar-refractivity contribution is 5.94. The number of aromatic hydroxyl groups is 1. The molecule has 5 unspecified atom stereocenters. The van der Waals surface area contributed by atoms with Gasteiger partial charge in [-0.3, -0.25) is 14.4 Å². The molecule has 2 aromatic rings. The number of nitrogens with one attached hydrogen (secondary N) is 2. The summed E-state index contributed by atoms with van der Waals surface area (Å²) in [7, 11) is 0. The molecule has 11 heteroatoms. The van der Waals surface area contributed by atoms with Crippen LogP contribution in [0.1, 0.15) is 30.9 Å². The monoisotopic (exact) mass is 526 g/mol. The number of hydrogen-bond acceptors (Lipinski definition) is 7. The lowest BCUT2D eigenvalue weighted by Crippen LogP contribution is -2.59. The second-order valence-corrected chi connectivity index (χ2v) is 9.48. The third kappa shape index (κ3) is 7.53. The van der Waals surface area contributed by atoms with Gasteiger partial charge in [0.25, 0.3) is 0 Å². The molecule has 1 heterocycles. The molecule has 2 aromatic carbocycles. The van der Waals surface area contributed by atoms with Crippen molar-refractivity contribution in [3.8, 4) is 5.75 Å². The highest BCUT2D eigenvalue weighted by Gasteiger charge is 2.40. The van der Waals surface area contributed by atoms with Gasteiger partial charge in [0, 0.05) is 13.0 Å². The predicted molar refractivity (Wildman–Crippen MR) is 138 cm³/mol. The molecule has 38 heavy (non-hydrogen) atoms. The van der Waals surface area contributed by atoms with E-state index in [1.807, 2.05) is 0 Å². The van der Waals surface area contributed by atoms with E-state index in [2.05, 4.69) is 10.6 Å². The third-order valence-electron chi connectivity index (χ3n) is 6.51. The van der Waals surface area contributed by atoms with Crippen LogP contribution in [0, 0.1) is 0 Å². The standard InChI is InChI=1S/C27H34N4O7/c1-16(32)23(30-24(34)20(28)14-18-9-11-19(33)12-10-18)26(36)31-13-5-8-22(31)25(35)29-21(27(37)38)15-17-6-3-2-4-7-17/h2-4,6-7,9-12,16,20-23,32-33H,5,8,13-15,28H2,1H3,(H,29,35)(H,30,34)(H,37,38). The molecule has 7 N–H and O–H groups in total. The number of likely N-dealkylation sites (tertiary alicyclic amines) is 1. The zero-order chi connectivity index (χ0) is 27.8. The van der Waals surface area contributed by atoms with Crippen molar-refractivity contribution in [3.63, 3.8) is 0 Å². The van der Waals surface area contributed by atoms with Crippen LogP contribution in [0.3, 0.4) is 0 Å². The van der Waals surface area contributed by atoms with Crippen molar-refractivity contribution >= 4 is 23.7 Å². The molecule has 204 valence electrons. The van der Waals surface area contributed by atoms with E-state index in [1.54, 1.807) is 42.5 Å². The number of carboxylic acids is 1. The van der Waals surface area contributed by atoms with Crippen LogP contribution in [0.25, 0.3) is 0 Å². The van der Waals surface area contributed by atoms with Gasteiger partial charge in [-0.1, -0.05) is 42.5 Å². The first-order valence-electron chi connectivity index (χ1n) is 12.5. The molecule has 1 aliphatic heterocycles. The van der Waals surface area contributed by atoms with Gasteiger partial charge in [-0.2, -0.15) is 0 Å². The first kappa shape index (κ1) is 28.6. The lowest BCUT2D eigenvalue weighted by molar-refractivity contribution is -0.146. The fourth-order valence-corrected chi connectivity index (χ4v) is 4.43. The van der Waals surface area contributed by atoms with E-state index in [4.69, 9.17) is 5.73 Å². The summed E-state index contributed by atoms with van der Waals surface area (Å²) in [6.45, 7) is 1.56. The van der Waals surface area contributed by atoms with Crippen LogP contribution >= 0.6 is 0 Å². The summed E-state index contributed by atoms with van der Waals surface area (Å²) in [6, 6.07) is 10.5. The Labute approximate surface area is 220 Å². The van der Waals surface area contributed by atoms with Crippen molar-refractivity contribution in [1.82, 2.24) is 15.5 Å². The number of carboxylic acid groups (broad SMARTS) is 1. The van der Waals surface area contributed by atoms with Gasteiger partial charge < -0.3 is 36.6 Å². The molecule has 0 aliphatic carbocycles. The summed E-state index contributed by atoms with van der Waals surface area (Å²) in [5.74, 6) is -3.05. The average molecular weight is 527 g/mol. The number of phenolic OH excluding ortho intramolecular Hbond substituents is 1. The quantitative estimate of drug-likeness (QED) is 0.235. The Balaban J connectivity index is 1.65. The van der Waals surface area contributed by atoms with Gasteiger partial charge in [0.1, 0.15) is 23.9 Å². The van der Waals surface area contributed by atoms with Crippen molar-refractivity contribution in [1.29, 1.82) is 0 Å². The molecule has 0 saturated carbocycles. The summed E-state index contributed by atoms with van der Waals surface area (Å²) in [4.78, 5) is 52.2. The van der Waals surface area contributed by atoms with Crippen LogP contribution in [0.2, 0.25) is 0 Å². The number of carbonyl (C=O) groups excluding carboxylic acids is 3. The van der Waals surface area contributed by atoms with Crippen molar-refractivity contribution < 1.29 is 34.5 Å². The fraction of sp³-hybridized carbons (Fsp3) is 0.407. The molecular formula is C27H34N4O7. The van der Waals surface area contributed by atoms with Crippen LogP contribution in [-0.4, -0.2) is 80.7 Å². The Bertz CT molecular complexity index is 1120. The maximum Gasteiger partial charge on any atom is 0.326 e. The van der Waals surface area contributed by atoms with E-state index in [9.17, 15) is 34.5 Å². The topological polar surface area (TPSA) is 182 Å². The molecule has 1 fully saturated rings. The Kier molecular flexibility index (Phi) is 9.80. The minimum absolute atomic E-state index is 0.0745. The second kappa shape index (κ2) is 13.0. The van der Waals surface area contributed by atoms with Gasteiger partial charge in [0.05, 0.1) is 12.1 Å². The lowest BCUT2D eigenvalue weighted by atomic mass is 10.0. The Morgan fingerprint density at radius 1 is 1.00 bits per heavy atom. The van der Waals surface area contributed by atoms with Crippen LogP contribution < -0.4 is 16.4 Å². The summed E-state index contributed by atoms with van der Waals surface area (Å²) in [5.41, 5.74) is 7.45. The zero-order valence-electron chi connectivity index (χ0n) is 21.1. The minimum atomic E-state index is -1.35. The zero-order valence-corrected chi connectivity index (χ0v) is 21.1. The van der Waals surface area contributed by atoms with Crippen LogP contribution in [-0.2, 0) is 32.0 Å². The van der Waals surface area contributed by atoms with E-state index in [-0.39, 0.29) is 25.1 Å². The van der Waals surface area contributed by atoms with Crippen molar-refractivity contribution in [2.45, 2.75) is 62.9 Å². The molecule has 0 bridgehead atoms. The number of carbonyl (C=O) groups is 4. The number of aliphatic hydroxyl groups excluding tert-OH is 1. The Morgan fingerprint density at radius 3 is 2.24 bits per heavy atom. The number of rotatable bonds is 11. The summed E-state index contributed by atoms with van der Waals surface area (Å²) in [6.07, 6.45) is -0.244. The minimum Gasteiger partial charge on any atom is -0.508 e. The van der Waals surface area contributed by atoms with E-state index in [0.717, 1.165) is 5.56 Å². The van der Waals surface area contributed by atoms with E-state index in [0.29, 0.717) is 18.4 Å². The van der Waals surface area contributed by atoms with Crippen molar-refractivity contribution in [2.75, 3.05) is 6.54 Å². The Morgan fingerprint density at radius 2 is 1.63 bits per heavy atom. The van der Waals surface area contributed by atoms with Gasteiger partial charge in [0.2, 0.25) is 17.7 Å². The molecule has 1 aliphatic rings. The average Bonchev–Trinajstić information content (AvgIpc) is 3.38. The van der Waals surface area contributed by atoms with E-state index >= 15 is 0 Å². The summed E-state index contributed by atoms with van der Waals surface area (Å²) >= 11 is 0. The van der Waals surface area contributed by atoms with Gasteiger partial charge in [-0.05, 0) is 49.4 Å². The maximum atomic E-state index is 13.4. The molecular weight excluding hydrogens is 492 g/mol. The van der Waals surface area contributed by atoms with Gasteiger partial charge in [-0.25, -0.2) is 4.79 Å². The molecule has 11 nitrogen and oxygen atoms in total. The predicted octanol–water partition coefficient (Wildman–Crippen LogP) is -0.0693. The van der Waals surface area contributed by atoms with Crippen molar-refractivity contribution in [3.05, 3.63) is 65.7 Å². The van der Waals surface area contributed by atoms with E-state index < -0.39 is 54.0 Å². The number of aliphatic carboxylic acids is 1. The highest BCUT2D eigenvalue weighted by atomic mass is 16.4. The first-order valence-corrected chi connectivity index (χ1v) is 12.5. The molecule has 5 atom stereocenters. The first-order chi connectivity index (χ1) is 18.1. The number of aliphatic hydroxyl groups is 1. The van der Waals surface area contributed by atoms with Gasteiger partial charge >= 0.3 is 5.97 Å². The number of nitrogens with two attached hydrogens (primary N) is 1. The smallest absolute Gasteiger partial charge is 0.326 e. The second-order valence-electron chi connectivity index (χ2n) is 9.48. The number of benzene rings is 2. The SMILES string of the molecule is CC(O)C(NC(=O)C(N)Cc1ccc(O)cc1)C(=O)N1CCCC1C(=O)NC(Cc1ccccc1)C(=O)O. The lowest BCUT2D eigenvalue weighted by Gasteiger charge is -2.31. The Hall–Kier alpha value is -3.96. The van der Waals surface area contributed by atoms with Crippen molar-refractivity contribution in [2.24, 2.45) is 5.73 Å². The van der Waals surface area contributed by atoms with Crippen LogP contribution in [0.4, 0.5) is 0 Å². The molecule has 0 spiro atoms. The molecule has 3 rings (SSSR count). The van der Waals surface area contributed by atoms with Crippen LogP contribution in [0.5, 0.6) is 5.75 Å². The number of nitrogens with zero attached hydrogens (tertiary/aromatic N) is 1. The normalized spacial score (nSPS) is 18.2. The number of hydrogen-bond donors (Lipinski definition) is 6. The fourth-order valence-electron chi connectivity index (χ4n) is 4.43. The van der Waals surface area contributed by atoms with E-state index in [1.165, 1.54) is 24.0 Å². The summed E-state index contributed by atoms with van der Waals surface area (Å²) < 4.78 is 0. The molecule has 0 aromatic heterocycles. The number of phenols is 1. The summed E-state index contributed by atoms with van der Waals surface area (Å²) in [5, 5.41) is 34.4. The molecule has 3 amide bonds. The van der Waals surface area contributed by atoms with Gasteiger partial charge in [-0.15, -0.1) is 0 Å². The third-order valence-corrected chi connectivity index (χ3v) is 6.51. The largest absolute Gasteiger partial charge is 0.508 e. The molecule has 0 radical (unpaired) electrons. The maximum absolute atomic E-state index is 13.4. The van der Waals surface area contributed by atoms with Gasteiger partial charge in [0.15, 0.2) is 0 Å².